The summed E-state index contributed by atoms with van der Waals surface area (Å²) in [5.74, 6) is 0. The molecular formula is C13H14N2O. The van der Waals surface area contributed by atoms with Crippen LogP contribution >= 0.6 is 0 Å². The van der Waals surface area contributed by atoms with Crippen LogP contribution in [0.3, 0.4) is 0 Å². The predicted molar refractivity (Wildman–Crippen MR) is 66.5 cm³/mol. The molecule has 0 aromatic carbocycles. The summed E-state index contributed by atoms with van der Waals surface area (Å²) in [5.41, 5.74) is 2.29. The molecule has 82 valence electrons. The molecule has 0 N–H and O–H groups in total. The Morgan fingerprint density at radius 3 is 2.88 bits per heavy atom. The fourth-order valence-electron chi connectivity index (χ4n) is 1.77. The standard InChI is InChI=1S/C13H14N2O/c1-4-10-8-15(5-2)13-11(12(10)16)7-6-9(3)14-13/h4,6-8H,1,5H2,2-3H3. The van der Waals surface area contributed by atoms with Gasteiger partial charge in [0, 0.05) is 24.0 Å². The lowest BCUT2D eigenvalue weighted by Crippen LogP contribution is -2.13. The van der Waals surface area contributed by atoms with E-state index in [2.05, 4.69) is 11.6 Å². The Morgan fingerprint density at radius 1 is 1.50 bits per heavy atom. The molecule has 3 heteroatoms. The van der Waals surface area contributed by atoms with E-state index in [0.717, 1.165) is 17.9 Å². The molecule has 0 aliphatic carbocycles. The molecule has 0 saturated carbocycles. The van der Waals surface area contributed by atoms with E-state index < -0.39 is 0 Å². The number of aromatic nitrogens is 2. The van der Waals surface area contributed by atoms with E-state index in [1.54, 1.807) is 6.08 Å². The summed E-state index contributed by atoms with van der Waals surface area (Å²) in [7, 11) is 0. The summed E-state index contributed by atoms with van der Waals surface area (Å²) in [6.07, 6.45) is 3.40. The highest BCUT2D eigenvalue weighted by Crippen LogP contribution is 2.11. The molecule has 2 rings (SSSR count). The molecule has 0 bridgehead atoms. The predicted octanol–water partition coefficient (Wildman–Crippen LogP) is 2.37. The van der Waals surface area contributed by atoms with Crippen molar-refractivity contribution in [3.63, 3.8) is 0 Å². The van der Waals surface area contributed by atoms with Crippen molar-refractivity contribution in [2.75, 3.05) is 0 Å². The van der Waals surface area contributed by atoms with Gasteiger partial charge in [0.25, 0.3) is 0 Å². The van der Waals surface area contributed by atoms with Crippen molar-refractivity contribution in [3.8, 4) is 0 Å². The van der Waals surface area contributed by atoms with Crippen LogP contribution in [0.5, 0.6) is 0 Å². The van der Waals surface area contributed by atoms with Crippen molar-refractivity contribution >= 4 is 17.1 Å². The maximum absolute atomic E-state index is 12.0. The number of rotatable bonds is 2. The van der Waals surface area contributed by atoms with Crippen molar-refractivity contribution in [1.29, 1.82) is 0 Å². The molecule has 2 heterocycles. The number of hydrogen-bond donors (Lipinski definition) is 0. The SMILES string of the molecule is C=Cc1cn(CC)c2nc(C)ccc2c1=O. The second-order valence-electron chi connectivity index (χ2n) is 3.73. The molecule has 0 spiro atoms. The van der Waals surface area contributed by atoms with Gasteiger partial charge in [-0.2, -0.15) is 0 Å². The Bertz CT molecular complexity index is 611. The van der Waals surface area contributed by atoms with Crippen molar-refractivity contribution in [1.82, 2.24) is 9.55 Å². The van der Waals surface area contributed by atoms with Gasteiger partial charge < -0.3 is 4.57 Å². The molecular weight excluding hydrogens is 200 g/mol. The van der Waals surface area contributed by atoms with Crippen molar-refractivity contribution < 1.29 is 0 Å². The minimum absolute atomic E-state index is 0.00204. The Labute approximate surface area is 94.1 Å². The summed E-state index contributed by atoms with van der Waals surface area (Å²) in [6, 6.07) is 3.69. The molecule has 3 nitrogen and oxygen atoms in total. The highest BCUT2D eigenvalue weighted by molar-refractivity contribution is 5.77. The van der Waals surface area contributed by atoms with Crippen LogP contribution in [0.25, 0.3) is 17.1 Å². The van der Waals surface area contributed by atoms with Gasteiger partial charge in [-0.15, -0.1) is 0 Å². The van der Waals surface area contributed by atoms with Crippen LogP contribution in [0.2, 0.25) is 0 Å². The quantitative estimate of drug-likeness (QED) is 0.769. The van der Waals surface area contributed by atoms with Gasteiger partial charge in [0.2, 0.25) is 0 Å². The highest BCUT2D eigenvalue weighted by Gasteiger charge is 2.07. The zero-order chi connectivity index (χ0) is 11.7. The van der Waals surface area contributed by atoms with E-state index >= 15 is 0 Å². The normalized spacial score (nSPS) is 10.6. The maximum atomic E-state index is 12.0. The van der Waals surface area contributed by atoms with E-state index in [1.165, 1.54) is 0 Å². The first-order valence-electron chi connectivity index (χ1n) is 5.30. The average Bonchev–Trinajstić information content (AvgIpc) is 2.29. The van der Waals surface area contributed by atoms with Crippen LogP contribution in [0, 0.1) is 6.92 Å². The zero-order valence-electron chi connectivity index (χ0n) is 9.53. The number of nitrogens with zero attached hydrogens (tertiary/aromatic N) is 2. The molecule has 0 unspecified atom stereocenters. The van der Waals surface area contributed by atoms with E-state index in [9.17, 15) is 4.79 Å². The average molecular weight is 214 g/mol. The number of hydrogen-bond acceptors (Lipinski definition) is 2. The van der Waals surface area contributed by atoms with Gasteiger partial charge in [0.05, 0.1) is 5.39 Å². The van der Waals surface area contributed by atoms with Gasteiger partial charge in [-0.25, -0.2) is 4.98 Å². The molecule has 2 aromatic heterocycles. The zero-order valence-corrected chi connectivity index (χ0v) is 9.53. The molecule has 0 aliphatic rings. The smallest absolute Gasteiger partial charge is 0.198 e. The molecule has 0 aliphatic heterocycles. The third-order valence-corrected chi connectivity index (χ3v) is 2.65. The summed E-state index contributed by atoms with van der Waals surface area (Å²) >= 11 is 0. The molecule has 0 radical (unpaired) electrons. The monoisotopic (exact) mass is 214 g/mol. The van der Waals surface area contributed by atoms with Crippen molar-refractivity contribution in [2.45, 2.75) is 20.4 Å². The lowest BCUT2D eigenvalue weighted by molar-refractivity contribution is 0.774. The summed E-state index contributed by atoms with van der Waals surface area (Å²) in [5, 5.41) is 0.657. The van der Waals surface area contributed by atoms with Crippen molar-refractivity contribution in [3.05, 3.63) is 46.4 Å². The van der Waals surface area contributed by atoms with Crippen molar-refractivity contribution in [2.24, 2.45) is 0 Å². The lowest BCUT2D eigenvalue weighted by Gasteiger charge is -2.09. The van der Waals surface area contributed by atoms with E-state index in [-0.39, 0.29) is 5.43 Å². The van der Waals surface area contributed by atoms with E-state index in [1.807, 2.05) is 36.7 Å². The van der Waals surface area contributed by atoms with Gasteiger partial charge in [0.15, 0.2) is 5.43 Å². The Balaban J connectivity index is 2.96. The third kappa shape index (κ3) is 1.54. The molecule has 0 saturated heterocycles. The maximum Gasteiger partial charge on any atom is 0.198 e. The Morgan fingerprint density at radius 2 is 2.25 bits per heavy atom. The van der Waals surface area contributed by atoms with E-state index in [0.29, 0.717) is 10.9 Å². The summed E-state index contributed by atoms with van der Waals surface area (Å²) in [4.78, 5) is 16.4. The molecule has 0 amide bonds. The minimum atomic E-state index is 0.00204. The van der Waals surface area contributed by atoms with Gasteiger partial charge in [-0.3, -0.25) is 4.79 Å². The molecule has 16 heavy (non-hydrogen) atoms. The van der Waals surface area contributed by atoms with Crippen LogP contribution in [0.1, 0.15) is 18.2 Å². The fraction of sp³-hybridized carbons (Fsp3) is 0.231. The first kappa shape index (κ1) is 10.6. The summed E-state index contributed by atoms with van der Waals surface area (Å²) < 4.78 is 1.97. The third-order valence-electron chi connectivity index (χ3n) is 2.65. The molecule has 0 atom stereocenters. The van der Waals surface area contributed by atoms with Crippen LogP contribution in [-0.2, 0) is 6.54 Å². The van der Waals surface area contributed by atoms with Crippen LogP contribution in [0.4, 0.5) is 0 Å². The molecule has 2 aromatic rings. The van der Waals surface area contributed by atoms with Crippen LogP contribution in [0.15, 0.2) is 29.7 Å². The van der Waals surface area contributed by atoms with Gasteiger partial charge >= 0.3 is 0 Å². The first-order valence-corrected chi connectivity index (χ1v) is 5.30. The first-order chi connectivity index (χ1) is 7.67. The largest absolute Gasteiger partial charge is 0.332 e. The molecule has 0 fully saturated rings. The van der Waals surface area contributed by atoms with Gasteiger partial charge in [0.1, 0.15) is 5.65 Å². The van der Waals surface area contributed by atoms with Gasteiger partial charge in [-0.05, 0) is 26.0 Å². The number of pyridine rings is 2. The van der Waals surface area contributed by atoms with Gasteiger partial charge in [-0.1, -0.05) is 12.7 Å². The van der Waals surface area contributed by atoms with Crippen LogP contribution in [-0.4, -0.2) is 9.55 Å². The van der Waals surface area contributed by atoms with E-state index in [4.69, 9.17) is 0 Å². The van der Waals surface area contributed by atoms with Crippen LogP contribution < -0.4 is 5.43 Å². The second kappa shape index (κ2) is 3.93. The Hall–Kier alpha value is -1.90. The number of aryl methyl sites for hydroxylation is 2. The fourth-order valence-corrected chi connectivity index (χ4v) is 1.77. The Kier molecular flexibility index (Phi) is 2.60. The topological polar surface area (TPSA) is 34.9 Å². The minimum Gasteiger partial charge on any atom is -0.332 e. The second-order valence-corrected chi connectivity index (χ2v) is 3.73. The lowest BCUT2D eigenvalue weighted by atomic mass is 10.2. The number of fused-ring (bicyclic) bond motifs is 1. The highest BCUT2D eigenvalue weighted by atomic mass is 16.1. The summed E-state index contributed by atoms with van der Waals surface area (Å²) in [6.45, 7) is 8.39.